The molecule has 20 heavy (non-hydrogen) atoms. The van der Waals surface area contributed by atoms with Crippen LogP contribution in [0, 0.1) is 6.92 Å². The van der Waals surface area contributed by atoms with Gasteiger partial charge in [0, 0.05) is 23.0 Å². The van der Waals surface area contributed by atoms with Crippen LogP contribution in [0.3, 0.4) is 0 Å². The van der Waals surface area contributed by atoms with Crippen molar-refractivity contribution >= 4 is 45.6 Å². The van der Waals surface area contributed by atoms with E-state index < -0.39 is 6.03 Å². The number of aromatic nitrogens is 1. The lowest BCUT2D eigenvalue weighted by Crippen LogP contribution is -2.19. The summed E-state index contributed by atoms with van der Waals surface area (Å²) in [5, 5.41) is 7.75. The fourth-order valence-electron chi connectivity index (χ4n) is 1.42. The van der Waals surface area contributed by atoms with Gasteiger partial charge >= 0.3 is 6.03 Å². The van der Waals surface area contributed by atoms with E-state index in [0.29, 0.717) is 21.5 Å². The van der Waals surface area contributed by atoms with Gasteiger partial charge in [-0.25, -0.2) is 9.78 Å². The molecule has 2 N–H and O–H groups in total. The van der Waals surface area contributed by atoms with Crippen LogP contribution in [0.25, 0.3) is 0 Å². The number of carbonyl (C=O) groups excluding carboxylic acids is 2. The highest BCUT2D eigenvalue weighted by Crippen LogP contribution is 2.20. The standard InChI is InChI=1S/C13H12ClN3O2S/c1-7-3-4-9(5-10(7)14)15-12(19)17-13-16-11(6-20-13)8(2)18/h3-6H,1-2H3,(H2,15,16,17,19). The highest BCUT2D eigenvalue weighted by molar-refractivity contribution is 7.14. The molecule has 104 valence electrons. The van der Waals surface area contributed by atoms with Crippen molar-refractivity contribution < 1.29 is 9.59 Å². The van der Waals surface area contributed by atoms with Crippen LogP contribution in [-0.4, -0.2) is 16.8 Å². The topological polar surface area (TPSA) is 71.1 Å². The predicted octanol–water partition coefficient (Wildman–Crippen LogP) is 3.95. The monoisotopic (exact) mass is 309 g/mol. The summed E-state index contributed by atoms with van der Waals surface area (Å²) in [6.07, 6.45) is 0. The second-order valence-corrected chi connectivity index (χ2v) is 5.40. The third kappa shape index (κ3) is 3.55. The van der Waals surface area contributed by atoms with Crippen LogP contribution in [0.15, 0.2) is 23.6 Å². The number of Topliss-reactive ketones (excluding diaryl/α,β-unsaturated/α-hetero) is 1. The van der Waals surface area contributed by atoms with Gasteiger partial charge in [0.1, 0.15) is 5.69 Å². The van der Waals surface area contributed by atoms with E-state index in [4.69, 9.17) is 11.6 Å². The molecule has 2 aromatic rings. The summed E-state index contributed by atoms with van der Waals surface area (Å²) in [6, 6.07) is 4.80. The molecule has 0 saturated heterocycles. The maximum atomic E-state index is 11.8. The van der Waals surface area contributed by atoms with Crippen LogP contribution in [0.5, 0.6) is 0 Å². The number of benzene rings is 1. The molecule has 2 rings (SSSR count). The number of urea groups is 1. The van der Waals surface area contributed by atoms with Crippen LogP contribution in [0.4, 0.5) is 15.6 Å². The zero-order valence-electron chi connectivity index (χ0n) is 10.9. The van der Waals surface area contributed by atoms with Crippen LogP contribution in [0.2, 0.25) is 5.02 Å². The van der Waals surface area contributed by atoms with Gasteiger partial charge in [0.25, 0.3) is 0 Å². The van der Waals surface area contributed by atoms with Crippen molar-refractivity contribution in [2.24, 2.45) is 0 Å². The molecule has 1 aromatic carbocycles. The third-order valence-electron chi connectivity index (χ3n) is 2.52. The van der Waals surface area contributed by atoms with Gasteiger partial charge in [-0.2, -0.15) is 0 Å². The Morgan fingerprint density at radius 2 is 2.05 bits per heavy atom. The number of hydrogen-bond acceptors (Lipinski definition) is 4. The third-order valence-corrected chi connectivity index (χ3v) is 3.68. The normalized spacial score (nSPS) is 10.2. The van der Waals surface area contributed by atoms with Crippen LogP contribution < -0.4 is 10.6 Å². The minimum absolute atomic E-state index is 0.139. The van der Waals surface area contributed by atoms with Gasteiger partial charge in [-0.05, 0) is 24.6 Å². The largest absolute Gasteiger partial charge is 0.325 e. The molecule has 0 spiro atoms. The summed E-state index contributed by atoms with van der Waals surface area (Å²) in [4.78, 5) is 26.9. The van der Waals surface area contributed by atoms with Crippen molar-refractivity contribution in [1.29, 1.82) is 0 Å². The number of nitrogens with zero attached hydrogens (tertiary/aromatic N) is 1. The Bertz CT molecular complexity index is 669. The molecule has 0 fully saturated rings. The van der Waals surface area contributed by atoms with E-state index in [0.717, 1.165) is 5.56 Å². The quantitative estimate of drug-likeness (QED) is 0.843. The van der Waals surface area contributed by atoms with Gasteiger partial charge in [-0.1, -0.05) is 17.7 Å². The van der Waals surface area contributed by atoms with E-state index in [1.54, 1.807) is 17.5 Å². The summed E-state index contributed by atoms with van der Waals surface area (Å²) in [5.74, 6) is -0.139. The first kappa shape index (κ1) is 14.5. The Hall–Kier alpha value is -1.92. The minimum atomic E-state index is -0.436. The first-order chi connectivity index (χ1) is 9.45. The van der Waals surface area contributed by atoms with Crippen molar-refractivity contribution in [3.8, 4) is 0 Å². The number of halogens is 1. The fraction of sp³-hybridized carbons (Fsp3) is 0.154. The summed E-state index contributed by atoms with van der Waals surface area (Å²) in [5.41, 5.74) is 1.86. The van der Waals surface area contributed by atoms with E-state index in [2.05, 4.69) is 15.6 Å². The van der Waals surface area contributed by atoms with Gasteiger partial charge in [0.2, 0.25) is 0 Å². The molecular formula is C13H12ClN3O2S. The highest BCUT2D eigenvalue weighted by atomic mass is 35.5. The molecule has 2 amide bonds. The predicted molar refractivity (Wildman–Crippen MR) is 80.9 cm³/mol. The van der Waals surface area contributed by atoms with Gasteiger partial charge in [0.15, 0.2) is 10.9 Å². The Labute approximate surface area is 125 Å². The molecule has 0 radical (unpaired) electrons. The number of ketones is 1. The molecule has 0 saturated carbocycles. The van der Waals surface area contributed by atoms with Crippen molar-refractivity contribution in [2.75, 3.05) is 10.6 Å². The maximum Gasteiger partial charge on any atom is 0.325 e. The van der Waals surface area contributed by atoms with Gasteiger partial charge in [0.05, 0.1) is 0 Å². The molecule has 0 unspecified atom stereocenters. The molecular weight excluding hydrogens is 298 g/mol. The summed E-state index contributed by atoms with van der Waals surface area (Å²) < 4.78 is 0. The average molecular weight is 310 g/mol. The minimum Gasteiger partial charge on any atom is -0.308 e. The summed E-state index contributed by atoms with van der Waals surface area (Å²) in [6.45, 7) is 3.30. The molecule has 0 aliphatic rings. The second-order valence-electron chi connectivity index (χ2n) is 4.14. The molecule has 7 heteroatoms. The van der Waals surface area contributed by atoms with Crippen LogP contribution in [0.1, 0.15) is 23.0 Å². The highest BCUT2D eigenvalue weighted by Gasteiger charge is 2.09. The fourth-order valence-corrected chi connectivity index (χ4v) is 2.35. The molecule has 0 atom stereocenters. The van der Waals surface area contributed by atoms with Crippen LogP contribution >= 0.6 is 22.9 Å². The molecule has 0 bridgehead atoms. The number of anilines is 2. The van der Waals surface area contributed by atoms with Crippen molar-refractivity contribution in [2.45, 2.75) is 13.8 Å². The Morgan fingerprint density at radius 3 is 2.65 bits per heavy atom. The lowest BCUT2D eigenvalue weighted by atomic mass is 10.2. The Morgan fingerprint density at radius 1 is 1.30 bits per heavy atom. The average Bonchev–Trinajstić information content (AvgIpc) is 2.82. The van der Waals surface area contributed by atoms with E-state index >= 15 is 0 Å². The van der Waals surface area contributed by atoms with E-state index in [9.17, 15) is 9.59 Å². The smallest absolute Gasteiger partial charge is 0.308 e. The number of thiazole rings is 1. The molecule has 1 heterocycles. The number of amides is 2. The first-order valence-corrected chi connectivity index (χ1v) is 7.02. The SMILES string of the molecule is CC(=O)c1csc(NC(=O)Nc2ccc(C)c(Cl)c2)n1. The lowest BCUT2D eigenvalue weighted by molar-refractivity contribution is 0.101. The molecule has 0 aliphatic heterocycles. The number of nitrogens with one attached hydrogen (secondary N) is 2. The zero-order chi connectivity index (χ0) is 14.7. The Balaban J connectivity index is 2.01. The van der Waals surface area contributed by atoms with Crippen molar-refractivity contribution in [3.05, 3.63) is 39.9 Å². The van der Waals surface area contributed by atoms with Crippen molar-refractivity contribution in [3.63, 3.8) is 0 Å². The number of rotatable bonds is 3. The number of aryl methyl sites for hydroxylation is 1. The van der Waals surface area contributed by atoms with E-state index in [1.165, 1.54) is 18.3 Å². The zero-order valence-corrected chi connectivity index (χ0v) is 12.4. The molecule has 5 nitrogen and oxygen atoms in total. The first-order valence-electron chi connectivity index (χ1n) is 5.76. The van der Waals surface area contributed by atoms with Crippen molar-refractivity contribution in [1.82, 2.24) is 4.98 Å². The molecule has 0 aliphatic carbocycles. The van der Waals surface area contributed by atoms with E-state index in [1.807, 2.05) is 13.0 Å². The number of hydrogen-bond donors (Lipinski definition) is 2. The van der Waals surface area contributed by atoms with Gasteiger partial charge < -0.3 is 5.32 Å². The summed E-state index contributed by atoms with van der Waals surface area (Å²) in [7, 11) is 0. The number of carbonyl (C=O) groups is 2. The van der Waals surface area contributed by atoms with Gasteiger partial charge in [-0.15, -0.1) is 11.3 Å². The Kier molecular flexibility index (Phi) is 4.36. The van der Waals surface area contributed by atoms with Crippen LogP contribution in [-0.2, 0) is 0 Å². The van der Waals surface area contributed by atoms with Gasteiger partial charge in [-0.3, -0.25) is 10.1 Å². The second kappa shape index (κ2) is 6.02. The lowest BCUT2D eigenvalue weighted by Gasteiger charge is -2.06. The summed E-state index contributed by atoms with van der Waals surface area (Å²) >= 11 is 7.17. The van der Waals surface area contributed by atoms with E-state index in [-0.39, 0.29) is 5.78 Å². The maximum absolute atomic E-state index is 11.8. The molecule has 1 aromatic heterocycles.